The summed E-state index contributed by atoms with van der Waals surface area (Å²) in [7, 11) is 0. The van der Waals surface area contributed by atoms with E-state index in [0.717, 1.165) is 17.8 Å². The summed E-state index contributed by atoms with van der Waals surface area (Å²) in [4.78, 5) is 9.08. The smallest absolute Gasteiger partial charge is 0.159 e. The molecule has 0 saturated heterocycles. The second kappa shape index (κ2) is 8.39. The molecule has 0 N–H and O–H groups in total. The van der Waals surface area contributed by atoms with E-state index in [2.05, 4.69) is 65.4 Å². The van der Waals surface area contributed by atoms with Crippen LogP contribution in [0.1, 0.15) is 38.2 Å². The zero-order valence-electron chi connectivity index (χ0n) is 14.3. The number of aryl methyl sites for hydroxylation is 1. The molecule has 0 saturated carbocycles. The normalized spacial score (nSPS) is 10.7. The van der Waals surface area contributed by atoms with Crippen LogP contribution in [0.2, 0.25) is 0 Å². The van der Waals surface area contributed by atoms with Crippen LogP contribution in [0.4, 0.5) is 0 Å². The van der Waals surface area contributed by atoms with Crippen LogP contribution in [0.25, 0.3) is 22.5 Å². The first-order valence-electron chi connectivity index (χ1n) is 8.83. The fourth-order valence-corrected chi connectivity index (χ4v) is 2.83. The molecule has 122 valence electrons. The maximum absolute atomic E-state index is 4.54. The monoisotopic (exact) mass is 316 g/mol. The number of aromatic nitrogens is 2. The Labute approximate surface area is 144 Å². The van der Waals surface area contributed by atoms with Gasteiger partial charge in [-0.3, -0.25) is 0 Å². The Morgan fingerprint density at radius 2 is 1.29 bits per heavy atom. The summed E-state index contributed by atoms with van der Waals surface area (Å²) in [5.41, 5.74) is 4.74. The van der Waals surface area contributed by atoms with E-state index in [0.29, 0.717) is 0 Å². The predicted octanol–water partition coefficient (Wildman–Crippen LogP) is 5.93. The van der Waals surface area contributed by atoms with E-state index < -0.39 is 0 Å². The van der Waals surface area contributed by atoms with Gasteiger partial charge in [0.2, 0.25) is 0 Å². The Bertz CT molecular complexity index is 731. The van der Waals surface area contributed by atoms with Crippen molar-refractivity contribution in [2.75, 3.05) is 0 Å². The largest absolute Gasteiger partial charge is 0.236 e. The zero-order valence-corrected chi connectivity index (χ0v) is 14.3. The molecule has 3 rings (SSSR count). The molecule has 3 aromatic rings. The molecule has 0 spiro atoms. The van der Waals surface area contributed by atoms with Gasteiger partial charge in [0, 0.05) is 18.0 Å². The summed E-state index contributed by atoms with van der Waals surface area (Å²) in [6.07, 6.45) is 10.1. The molecule has 24 heavy (non-hydrogen) atoms. The molecular weight excluding hydrogens is 292 g/mol. The lowest BCUT2D eigenvalue weighted by Crippen LogP contribution is -1.93. The van der Waals surface area contributed by atoms with E-state index in [9.17, 15) is 0 Å². The maximum Gasteiger partial charge on any atom is 0.159 e. The van der Waals surface area contributed by atoms with Crippen molar-refractivity contribution in [1.82, 2.24) is 9.97 Å². The lowest BCUT2D eigenvalue weighted by atomic mass is 10.0. The summed E-state index contributed by atoms with van der Waals surface area (Å²) in [6, 6.07) is 18.9. The third-order valence-corrected chi connectivity index (χ3v) is 4.27. The molecule has 1 aromatic heterocycles. The average molecular weight is 316 g/mol. The number of hydrogen-bond donors (Lipinski definition) is 0. The molecule has 0 atom stereocenters. The number of hydrogen-bond acceptors (Lipinski definition) is 2. The van der Waals surface area contributed by atoms with E-state index in [-0.39, 0.29) is 0 Å². The molecule has 0 aliphatic rings. The van der Waals surface area contributed by atoms with Crippen LogP contribution in [-0.4, -0.2) is 9.97 Å². The van der Waals surface area contributed by atoms with E-state index in [1.807, 2.05) is 18.5 Å². The molecule has 0 amide bonds. The molecule has 2 nitrogen and oxygen atoms in total. The highest BCUT2D eigenvalue weighted by atomic mass is 14.9. The van der Waals surface area contributed by atoms with Gasteiger partial charge in [0.05, 0.1) is 0 Å². The van der Waals surface area contributed by atoms with Crippen LogP contribution in [0.15, 0.2) is 67.0 Å². The number of rotatable bonds is 7. The molecule has 2 heteroatoms. The van der Waals surface area contributed by atoms with Crippen LogP contribution in [0.5, 0.6) is 0 Å². The quantitative estimate of drug-likeness (QED) is 0.505. The fraction of sp³-hybridized carbons (Fsp3) is 0.273. The van der Waals surface area contributed by atoms with Crippen LogP contribution in [0.3, 0.4) is 0 Å². The van der Waals surface area contributed by atoms with Crippen molar-refractivity contribution in [3.05, 3.63) is 72.6 Å². The highest BCUT2D eigenvalue weighted by molar-refractivity contribution is 5.67. The Morgan fingerprint density at radius 1 is 0.667 bits per heavy atom. The van der Waals surface area contributed by atoms with Crippen LogP contribution >= 0.6 is 0 Å². The molecular formula is C22H24N2. The van der Waals surface area contributed by atoms with Crippen molar-refractivity contribution in [2.45, 2.75) is 39.0 Å². The van der Waals surface area contributed by atoms with Gasteiger partial charge in [-0.2, -0.15) is 0 Å². The van der Waals surface area contributed by atoms with Gasteiger partial charge in [0.1, 0.15) is 0 Å². The van der Waals surface area contributed by atoms with E-state index >= 15 is 0 Å². The van der Waals surface area contributed by atoms with Crippen molar-refractivity contribution >= 4 is 0 Å². The third-order valence-electron chi connectivity index (χ3n) is 4.27. The van der Waals surface area contributed by atoms with Gasteiger partial charge >= 0.3 is 0 Å². The first kappa shape index (κ1) is 16.4. The second-order valence-corrected chi connectivity index (χ2v) is 6.17. The minimum Gasteiger partial charge on any atom is -0.236 e. The molecule has 0 bridgehead atoms. The lowest BCUT2D eigenvalue weighted by molar-refractivity contribution is 0.665. The van der Waals surface area contributed by atoms with Crippen molar-refractivity contribution in [1.29, 1.82) is 0 Å². The Morgan fingerprint density at radius 3 is 1.96 bits per heavy atom. The van der Waals surface area contributed by atoms with E-state index in [1.165, 1.54) is 42.4 Å². The summed E-state index contributed by atoms with van der Waals surface area (Å²) in [6.45, 7) is 2.24. The van der Waals surface area contributed by atoms with Crippen LogP contribution < -0.4 is 0 Å². The van der Waals surface area contributed by atoms with Gasteiger partial charge in [-0.25, -0.2) is 9.97 Å². The summed E-state index contributed by atoms with van der Waals surface area (Å²) in [5.74, 6) is 0.798. The Kier molecular flexibility index (Phi) is 5.73. The van der Waals surface area contributed by atoms with Gasteiger partial charge in [-0.15, -0.1) is 0 Å². The Balaban J connectivity index is 1.66. The molecule has 0 aliphatic heterocycles. The third kappa shape index (κ3) is 4.29. The summed E-state index contributed by atoms with van der Waals surface area (Å²) < 4.78 is 0. The first-order valence-corrected chi connectivity index (χ1v) is 8.83. The first-order chi connectivity index (χ1) is 11.9. The van der Waals surface area contributed by atoms with E-state index in [1.54, 1.807) is 0 Å². The molecule has 1 heterocycles. The van der Waals surface area contributed by atoms with Crippen molar-refractivity contribution in [3.63, 3.8) is 0 Å². The van der Waals surface area contributed by atoms with Gasteiger partial charge < -0.3 is 0 Å². The van der Waals surface area contributed by atoms with E-state index in [4.69, 9.17) is 0 Å². The predicted molar refractivity (Wildman–Crippen MR) is 101 cm³/mol. The molecule has 0 fully saturated rings. The topological polar surface area (TPSA) is 25.8 Å². The van der Waals surface area contributed by atoms with Crippen molar-refractivity contribution in [3.8, 4) is 22.5 Å². The highest BCUT2D eigenvalue weighted by Gasteiger charge is 2.03. The maximum atomic E-state index is 4.54. The van der Waals surface area contributed by atoms with Crippen molar-refractivity contribution in [2.24, 2.45) is 0 Å². The molecule has 0 radical (unpaired) electrons. The number of nitrogens with zero attached hydrogens (tertiary/aromatic N) is 2. The molecule has 0 unspecified atom stereocenters. The summed E-state index contributed by atoms with van der Waals surface area (Å²) in [5, 5.41) is 0. The number of unbranched alkanes of at least 4 members (excludes halogenated alkanes) is 3. The van der Waals surface area contributed by atoms with Crippen LogP contribution in [-0.2, 0) is 6.42 Å². The average Bonchev–Trinajstić information content (AvgIpc) is 2.67. The lowest BCUT2D eigenvalue weighted by Gasteiger charge is -2.05. The summed E-state index contributed by atoms with van der Waals surface area (Å²) >= 11 is 0. The van der Waals surface area contributed by atoms with Crippen LogP contribution in [0, 0.1) is 0 Å². The zero-order chi connectivity index (χ0) is 16.6. The highest BCUT2D eigenvalue weighted by Crippen LogP contribution is 2.22. The standard InChI is InChI=1S/C22H24N2/c1-2-3-4-6-9-18-16-23-22(24-17-18)21-14-12-20(13-15-21)19-10-7-5-8-11-19/h5,7-8,10-17H,2-4,6,9H2,1H3. The SMILES string of the molecule is CCCCCCc1cnc(-c2ccc(-c3ccccc3)cc2)nc1. The second-order valence-electron chi connectivity index (χ2n) is 6.17. The minimum absolute atomic E-state index is 0.798. The van der Waals surface area contributed by atoms with Gasteiger partial charge in [-0.1, -0.05) is 80.8 Å². The fourth-order valence-electron chi connectivity index (χ4n) is 2.83. The minimum atomic E-state index is 0.798. The molecule has 2 aromatic carbocycles. The Hall–Kier alpha value is -2.48. The van der Waals surface area contributed by atoms with Gasteiger partial charge in [0.15, 0.2) is 5.82 Å². The number of benzene rings is 2. The van der Waals surface area contributed by atoms with Gasteiger partial charge in [-0.05, 0) is 29.5 Å². The van der Waals surface area contributed by atoms with Gasteiger partial charge in [0.25, 0.3) is 0 Å². The molecule has 0 aliphatic carbocycles. The van der Waals surface area contributed by atoms with Crippen molar-refractivity contribution < 1.29 is 0 Å².